The van der Waals surface area contributed by atoms with Crippen molar-refractivity contribution in [2.45, 2.75) is 32.4 Å². The summed E-state index contributed by atoms with van der Waals surface area (Å²) in [5.74, 6) is 0.504. The largest absolute Gasteiger partial charge is 0.379 e. The zero-order valence-corrected chi connectivity index (χ0v) is 13.7. The summed E-state index contributed by atoms with van der Waals surface area (Å²) in [5.41, 5.74) is 0.853. The highest BCUT2D eigenvalue weighted by atomic mass is 19.1. The van der Waals surface area contributed by atoms with Crippen LogP contribution in [0.25, 0.3) is 0 Å². The summed E-state index contributed by atoms with van der Waals surface area (Å²) >= 11 is 0. The lowest BCUT2D eigenvalue weighted by atomic mass is 10.2. The number of ether oxygens (including phenoxy) is 2. The van der Waals surface area contributed by atoms with Crippen LogP contribution < -0.4 is 10.6 Å². The molecule has 0 spiro atoms. The van der Waals surface area contributed by atoms with E-state index in [0.29, 0.717) is 19.8 Å². The van der Waals surface area contributed by atoms with E-state index >= 15 is 0 Å². The van der Waals surface area contributed by atoms with Gasteiger partial charge in [-0.2, -0.15) is 0 Å². The average Bonchev–Trinajstić information content (AvgIpc) is 3.05. The first-order valence-corrected chi connectivity index (χ1v) is 8.24. The van der Waals surface area contributed by atoms with Crippen LogP contribution in [0.2, 0.25) is 0 Å². The van der Waals surface area contributed by atoms with E-state index in [1.165, 1.54) is 12.1 Å². The number of hydrogen-bond donors (Lipinski definition) is 2. The molecule has 2 N–H and O–H groups in total. The van der Waals surface area contributed by atoms with E-state index in [1.807, 2.05) is 13.0 Å². The quantitative estimate of drug-likeness (QED) is 0.437. The highest BCUT2D eigenvalue weighted by Crippen LogP contribution is 2.08. The Hall–Kier alpha value is -1.66. The van der Waals surface area contributed by atoms with E-state index in [-0.39, 0.29) is 11.9 Å². The first kappa shape index (κ1) is 17.7. The van der Waals surface area contributed by atoms with Crippen molar-refractivity contribution in [1.82, 2.24) is 10.6 Å². The van der Waals surface area contributed by atoms with Crippen LogP contribution in [-0.4, -0.2) is 45.0 Å². The molecule has 1 aromatic rings. The molecule has 0 bridgehead atoms. The van der Waals surface area contributed by atoms with Gasteiger partial charge in [-0.3, -0.25) is 0 Å². The molecule has 1 atom stereocenters. The predicted octanol–water partition coefficient (Wildman–Crippen LogP) is 2.08. The SMILES string of the molecule is CCNC(=NCc1cccc(F)c1)NCCCOC1CCOC1. The molecule has 0 amide bonds. The highest BCUT2D eigenvalue weighted by Gasteiger charge is 2.15. The van der Waals surface area contributed by atoms with Gasteiger partial charge in [0.25, 0.3) is 0 Å². The Balaban J connectivity index is 1.68. The number of benzene rings is 1. The van der Waals surface area contributed by atoms with Crippen LogP contribution in [0.3, 0.4) is 0 Å². The number of nitrogens with zero attached hydrogens (tertiary/aromatic N) is 1. The smallest absolute Gasteiger partial charge is 0.191 e. The number of rotatable bonds is 8. The van der Waals surface area contributed by atoms with E-state index in [1.54, 1.807) is 6.07 Å². The Morgan fingerprint density at radius 2 is 2.35 bits per heavy atom. The maximum Gasteiger partial charge on any atom is 0.191 e. The van der Waals surface area contributed by atoms with Crippen LogP contribution >= 0.6 is 0 Å². The maximum atomic E-state index is 13.2. The fourth-order valence-electron chi connectivity index (χ4n) is 2.32. The van der Waals surface area contributed by atoms with Crippen molar-refractivity contribution in [2.75, 3.05) is 32.9 Å². The molecule has 0 aliphatic carbocycles. The zero-order valence-electron chi connectivity index (χ0n) is 13.7. The summed E-state index contributed by atoms with van der Waals surface area (Å²) in [6.45, 7) is 6.26. The second kappa shape index (κ2) is 10.2. The van der Waals surface area contributed by atoms with Gasteiger partial charge in [0.05, 0.1) is 19.3 Å². The normalized spacial score (nSPS) is 18.2. The first-order valence-electron chi connectivity index (χ1n) is 8.24. The van der Waals surface area contributed by atoms with Crippen molar-refractivity contribution in [3.63, 3.8) is 0 Å². The third-order valence-corrected chi connectivity index (χ3v) is 3.51. The summed E-state index contributed by atoms with van der Waals surface area (Å²) in [7, 11) is 0. The first-order chi connectivity index (χ1) is 11.3. The van der Waals surface area contributed by atoms with Gasteiger partial charge in [0.1, 0.15) is 5.82 Å². The molecule has 128 valence electrons. The molecule has 1 unspecified atom stereocenters. The molecular formula is C17H26FN3O2. The van der Waals surface area contributed by atoms with E-state index in [9.17, 15) is 4.39 Å². The van der Waals surface area contributed by atoms with Crippen LogP contribution in [0.15, 0.2) is 29.3 Å². The van der Waals surface area contributed by atoms with Crippen LogP contribution in [0.5, 0.6) is 0 Å². The fourth-order valence-corrected chi connectivity index (χ4v) is 2.32. The molecule has 6 heteroatoms. The lowest BCUT2D eigenvalue weighted by molar-refractivity contribution is 0.0420. The number of nitrogens with one attached hydrogen (secondary N) is 2. The third kappa shape index (κ3) is 6.97. The monoisotopic (exact) mass is 323 g/mol. The summed E-state index contributed by atoms with van der Waals surface area (Å²) in [6, 6.07) is 6.51. The Morgan fingerprint density at radius 1 is 1.43 bits per heavy atom. The molecule has 5 nitrogen and oxygen atoms in total. The van der Waals surface area contributed by atoms with Gasteiger partial charge >= 0.3 is 0 Å². The van der Waals surface area contributed by atoms with Crippen molar-refractivity contribution in [2.24, 2.45) is 4.99 Å². The van der Waals surface area contributed by atoms with Gasteiger partial charge in [-0.15, -0.1) is 0 Å². The molecule has 1 fully saturated rings. The van der Waals surface area contributed by atoms with Crippen LogP contribution in [-0.2, 0) is 16.0 Å². The van der Waals surface area contributed by atoms with E-state index in [2.05, 4.69) is 15.6 Å². The van der Waals surface area contributed by atoms with E-state index in [0.717, 1.165) is 44.1 Å². The Labute approximate surface area is 137 Å². The molecule has 0 radical (unpaired) electrons. The van der Waals surface area contributed by atoms with Crippen LogP contribution in [0.1, 0.15) is 25.3 Å². The molecule has 23 heavy (non-hydrogen) atoms. The number of halogens is 1. The molecule has 0 aromatic heterocycles. The van der Waals surface area contributed by atoms with Crippen molar-refractivity contribution in [1.29, 1.82) is 0 Å². The predicted molar refractivity (Wildman–Crippen MR) is 89.0 cm³/mol. The Bertz CT molecular complexity index is 490. The molecule has 1 heterocycles. The molecule has 1 aliphatic rings. The van der Waals surface area contributed by atoms with Crippen LogP contribution in [0.4, 0.5) is 4.39 Å². The van der Waals surface area contributed by atoms with Crippen molar-refractivity contribution in [3.05, 3.63) is 35.6 Å². The minimum absolute atomic E-state index is 0.233. The number of hydrogen-bond acceptors (Lipinski definition) is 3. The molecular weight excluding hydrogens is 297 g/mol. The van der Waals surface area contributed by atoms with Gasteiger partial charge in [-0.05, 0) is 37.5 Å². The van der Waals surface area contributed by atoms with Crippen molar-refractivity contribution in [3.8, 4) is 0 Å². The second-order valence-electron chi connectivity index (χ2n) is 5.46. The van der Waals surface area contributed by atoms with Crippen LogP contribution in [0, 0.1) is 5.82 Å². The maximum absolute atomic E-state index is 13.2. The van der Waals surface area contributed by atoms with Gasteiger partial charge in [-0.1, -0.05) is 12.1 Å². The standard InChI is InChI=1S/C17H26FN3O2/c1-2-19-17(21-12-14-5-3-6-15(18)11-14)20-8-4-9-23-16-7-10-22-13-16/h3,5-6,11,16H,2,4,7-10,12-13H2,1H3,(H2,19,20,21). The lowest BCUT2D eigenvalue weighted by Gasteiger charge is -2.13. The fraction of sp³-hybridized carbons (Fsp3) is 0.588. The molecule has 1 aromatic carbocycles. The van der Waals surface area contributed by atoms with Gasteiger partial charge in [0.15, 0.2) is 5.96 Å². The topological polar surface area (TPSA) is 54.9 Å². The number of aliphatic imine (C=N–C) groups is 1. The summed E-state index contributed by atoms with van der Waals surface area (Å²) in [6.07, 6.45) is 2.15. The van der Waals surface area contributed by atoms with Gasteiger partial charge in [0.2, 0.25) is 0 Å². The third-order valence-electron chi connectivity index (χ3n) is 3.51. The van der Waals surface area contributed by atoms with Crippen molar-refractivity contribution >= 4 is 5.96 Å². The lowest BCUT2D eigenvalue weighted by Crippen LogP contribution is -2.38. The molecule has 0 saturated carbocycles. The van der Waals surface area contributed by atoms with Gasteiger partial charge < -0.3 is 20.1 Å². The Kier molecular flexibility index (Phi) is 7.83. The Morgan fingerprint density at radius 3 is 3.09 bits per heavy atom. The summed E-state index contributed by atoms with van der Waals surface area (Å²) in [5, 5.41) is 6.45. The average molecular weight is 323 g/mol. The minimum Gasteiger partial charge on any atom is -0.379 e. The second-order valence-corrected chi connectivity index (χ2v) is 5.46. The van der Waals surface area contributed by atoms with Gasteiger partial charge in [0, 0.05) is 26.3 Å². The molecule has 1 saturated heterocycles. The highest BCUT2D eigenvalue weighted by molar-refractivity contribution is 5.79. The van der Waals surface area contributed by atoms with E-state index < -0.39 is 0 Å². The van der Waals surface area contributed by atoms with Gasteiger partial charge in [-0.25, -0.2) is 9.38 Å². The van der Waals surface area contributed by atoms with Crippen molar-refractivity contribution < 1.29 is 13.9 Å². The van der Waals surface area contributed by atoms with E-state index in [4.69, 9.17) is 9.47 Å². The summed E-state index contributed by atoms with van der Waals surface area (Å²) < 4.78 is 24.1. The zero-order chi connectivity index (χ0) is 16.3. The number of guanidine groups is 1. The minimum atomic E-state index is -0.233. The molecule has 2 rings (SSSR count). The molecule has 1 aliphatic heterocycles. The summed E-state index contributed by atoms with van der Waals surface area (Å²) in [4.78, 5) is 4.47.